The van der Waals surface area contributed by atoms with Crippen LogP contribution >= 0.6 is 0 Å². The SMILES string of the molecule is C=CCn1c(C)cc(C(=O)CN2CCC(n3ccnc3)CC2)c1C. The summed E-state index contributed by atoms with van der Waals surface area (Å²) in [4.78, 5) is 19.1. The number of rotatable bonds is 6. The van der Waals surface area contributed by atoms with Gasteiger partial charge in [-0.25, -0.2) is 4.98 Å². The molecule has 0 spiro atoms. The van der Waals surface area contributed by atoms with Gasteiger partial charge in [-0.2, -0.15) is 0 Å². The minimum Gasteiger partial charge on any atom is -0.345 e. The fourth-order valence-electron chi connectivity index (χ4n) is 3.64. The van der Waals surface area contributed by atoms with Crippen LogP contribution < -0.4 is 0 Å². The highest BCUT2D eigenvalue weighted by Gasteiger charge is 2.23. The maximum Gasteiger partial charge on any atom is 0.178 e. The molecule has 24 heavy (non-hydrogen) atoms. The first-order valence-electron chi connectivity index (χ1n) is 8.60. The first kappa shape index (κ1) is 16.7. The molecule has 0 atom stereocenters. The second-order valence-electron chi connectivity index (χ2n) is 6.62. The van der Waals surface area contributed by atoms with Crippen LogP contribution in [0.25, 0.3) is 0 Å². The summed E-state index contributed by atoms with van der Waals surface area (Å²) in [6.45, 7) is 11.0. The molecule has 0 bridgehead atoms. The van der Waals surface area contributed by atoms with Crippen molar-refractivity contribution in [3.8, 4) is 0 Å². The van der Waals surface area contributed by atoms with E-state index in [1.54, 1.807) is 0 Å². The van der Waals surface area contributed by atoms with Crippen LogP contribution in [0.3, 0.4) is 0 Å². The van der Waals surface area contributed by atoms with Crippen molar-refractivity contribution in [2.24, 2.45) is 0 Å². The standard InChI is InChI=1S/C19H26N4O/c1-4-8-23-15(2)12-18(16(23)3)19(24)13-21-9-5-17(6-10-21)22-11-7-20-14-22/h4,7,11-12,14,17H,1,5-6,8-10,13H2,2-3H3. The number of hydrogen-bond donors (Lipinski definition) is 0. The third-order valence-electron chi connectivity index (χ3n) is 5.06. The lowest BCUT2D eigenvalue weighted by Gasteiger charge is -2.32. The Bertz CT molecular complexity index is 706. The van der Waals surface area contributed by atoms with Gasteiger partial charge in [-0.05, 0) is 32.8 Å². The van der Waals surface area contributed by atoms with Crippen LogP contribution in [-0.2, 0) is 6.54 Å². The van der Waals surface area contributed by atoms with E-state index >= 15 is 0 Å². The normalized spacial score (nSPS) is 16.4. The Morgan fingerprint density at radius 3 is 2.75 bits per heavy atom. The predicted octanol–water partition coefficient (Wildman–Crippen LogP) is 3.01. The number of likely N-dealkylation sites (tertiary alicyclic amines) is 1. The van der Waals surface area contributed by atoms with Gasteiger partial charge in [-0.1, -0.05) is 6.08 Å². The Labute approximate surface area is 143 Å². The summed E-state index contributed by atoms with van der Waals surface area (Å²) < 4.78 is 4.33. The van der Waals surface area contributed by atoms with E-state index in [1.807, 2.05) is 44.7 Å². The molecular formula is C19H26N4O. The fraction of sp³-hybridized carbons (Fsp3) is 0.474. The molecule has 2 aromatic heterocycles. The molecule has 3 heterocycles. The third kappa shape index (κ3) is 3.36. The number of carbonyl (C=O) groups is 1. The smallest absolute Gasteiger partial charge is 0.178 e. The molecule has 2 aromatic rings. The summed E-state index contributed by atoms with van der Waals surface area (Å²) >= 11 is 0. The van der Waals surface area contributed by atoms with E-state index in [2.05, 4.69) is 25.6 Å². The molecule has 0 amide bonds. The largest absolute Gasteiger partial charge is 0.345 e. The summed E-state index contributed by atoms with van der Waals surface area (Å²) in [7, 11) is 0. The van der Waals surface area contributed by atoms with E-state index in [4.69, 9.17) is 0 Å². The Morgan fingerprint density at radius 2 is 2.12 bits per heavy atom. The van der Waals surface area contributed by atoms with E-state index in [-0.39, 0.29) is 5.78 Å². The van der Waals surface area contributed by atoms with Crippen LogP contribution in [0.1, 0.15) is 40.6 Å². The number of carbonyl (C=O) groups excluding carboxylic acids is 1. The number of piperidine rings is 1. The highest BCUT2D eigenvalue weighted by atomic mass is 16.1. The van der Waals surface area contributed by atoms with Gasteiger partial charge in [0.25, 0.3) is 0 Å². The van der Waals surface area contributed by atoms with Crippen molar-refractivity contribution in [1.29, 1.82) is 0 Å². The number of aryl methyl sites for hydroxylation is 1. The van der Waals surface area contributed by atoms with E-state index < -0.39 is 0 Å². The number of ketones is 1. The Balaban J connectivity index is 1.60. The fourth-order valence-corrected chi connectivity index (χ4v) is 3.64. The average Bonchev–Trinajstić information content (AvgIpc) is 3.20. The number of nitrogens with zero attached hydrogens (tertiary/aromatic N) is 4. The Morgan fingerprint density at radius 1 is 1.38 bits per heavy atom. The molecule has 1 aliphatic rings. The van der Waals surface area contributed by atoms with Gasteiger partial charge in [0.1, 0.15) is 0 Å². The van der Waals surface area contributed by atoms with Gasteiger partial charge in [0.05, 0.1) is 12.9 Å². The molecule has 5 nitrogen and oxygen atoms in total. The van der Waals surface area contributed by atoms with Crippen molar-refractivity contribution in [3.63, 3.8) is 0 Å². The summed E-state index contributed by atoms with van der Waals surface area (Å²) in [5, 5.41) is 0. The van der Waals surface area contributed by atoms with Gasteiger partial charge in [0.15, 0.2) is 5.78 Å². The molecule has 0 unspecified atom stereocenters. The topological polar surface area (TPSA) is 43.1 Å². The van der Waals surface area contributed by atoms with Crippen LogP contribution in [0, 0.1) is 13.8 Å². The monoisotopic (exact) mass is 326 g/mol. The molecular weight excluding hydrogens is 300 g/mol. The summed E-state index contributed by atoms with van der Waals surface area (Å²) in [5.41, 5.74) is 3.02. The quantitative estimate of drug-likeness (QED) is 0.605. The molecule has 1 aliphatic heterocycles. The van der Waals surface area contributed by atoms with Gasteiger partial charge in [-0.3, -0.25) is 9.69 Å². The molecule has 0 aromatic carbocycles. The lowest BCUT2D eigenvalue weighted by Crippen LogP contribution is -2.38. The molecule has 1 saturated heterocycles. The molecule has 3 rings (SSSR count). The summed E-state index contributed by atoms with van der Waals surface area (Å²) in [6.07, 6.45) is 9.75. The average molecular weight is 326 g/mol. The van der Waals surface area contributed by atoms with Gasteiger partial charge in [0.2, 0.25) is 0 Å². The molecule has 128 valence electrons. The highest BCUT2D eigenvalue weighted by Crippen LogP contribution is 2.23. The van der Waals surface area contributed by atoms with Crippen molar-refractivity contribution in [2.75, 3.05) is 19.6 Å². The van der Waals surface area contributed by atoms with Crippen LogP contribution in [-0.4, -0.2) is 44.4 Å². The summed E-state index contributed by atoms with van der Waals surface area (Å²) in [6, 6.07) is 2.52. The zero-order chi connectivity index (χ0) is 17.1. The molecule has 0 N–H and O–H groups in total. The number of Topliss-reactive ketones (excluding diaryl/α,β-unsaturated/α-hetero) is 1. The van der Waals surface area contributed by atoms with Crippen LogP contribution in [0.5, 0.6) is 0 Å². The van der Waals surface area contributed by atoms with Crippen molar-refractivity contribution in [3.05, 3.63) is 54.4 Å². The number of aromatic nitrogens is 3. The van der Waals surface area contributed by atoms with E-state index in [0.29, 0.717) is 12.6 Å². The van der Waals surface area contributed by atoms with E-state index in [1.165, 1.54) is 0 Å². The van der Waals surface area contributed by atoms with Crippen molar-refractivity contribution in [1.82, 2.24) is 19.0 Å². The molecule has 0 aliphatic carbocycles. The highest BCUT2D eigenvalue weighted by molar-refractivity contribution is 5.99. The van der Waals surface area contributed by atoms with E-state index in [0.717, 1.165) is 49.4 Å². The third-order valence-corrected chi connectivity index (χ3v) is 5.06. The van der Waals surface area contributed by atoms with Crippen molar-refractivity contribution >= 4 is 5.78 Å². The van der Waals surface area contributed by atoms with Crippen molar-refractivity contribution in [2.45, 2.75) is 39.3 Å². The lowest BCUT2D eigenvalue weighted by atomic mass is 10.0. The number of imidazole rings is 1. The zero-order valence-corrected chi connectivity index (χ0v) is 14.6. The van der Waals surface area contributed by atoms with Gasteiger partial charge < -0.3 is 9.13 Å². The minimum absolute atomic E-state index is 0.222. The van der Waals surface area contributed by atoms with Gasteiger partial charge >= 0.3 is 0 Å². The Hall–Kier alpha value is -2.14. The van der Waals surface area contributed by atoms with Crippen molar-refractivity contribution < 1.29 is 4.79 Å². The van der Waals surface area contributed by atoms with Crippen LogP contribution in [0.4, 0.5) is 0 Å². The first-order chi connectivity index (χ1) is 11.6. The second-order valence-corrected chi connectivity index (χ2v) is 6.62. The predicted molar refractivity (Wildman–Crippen MR) is 95.4 cm³/mol. The molecule has 5 heteroatoms. The van der Waals surface area contributed by atoms with Gasteiger partial charge in [0, 0.05) is 55.0 Å². The van der Waals surface area contributed by atoms with Crippen LogP contribution in [0.15, 0.2) is 37.4 Å². The lowest BCUT2D eigenvalue weighted by molar-refractivity contribution is 0.0897. The summed E-state index contributed by atoms with van der Waals surface area (Å²) in [5.74, 6) is 0.222. The molecule has 0 saturated carbocycles. The maximum absolute atomic E-state index is 12.7. The first-order valence-corrected chi connectivity index (χ1v) is 8.60. The maximum atomic E-state index is 12.7. The zero-order valence-electron chi connectivity index (χ0n) is 14.6. The van der Waals surface area contributed by atoms with Gasteiger partial charge in [-0.15, -0.1) is 6.58 Å². The van der Waals surface area contributed by atoms with E-state index in [9.17, 15) is 4.79 Å². The minimum atomic E-state index is 0.222. The Kier molecular flexibility index (Phi) is 5.00. The second kappa shape index (κ2) is 7.18. The number of hydrogen-bond acceptors (Lipinski definition) is 3. The van der Waals surface area contributed by atoms with Crippen LogP contribution in [0.2, 0.25) is 0 Å². The number of allylic oxidation sites excluding steroid dienone is 1. The molecule has 0 radical (unpaired) electrons. The molecule has 1 fully saturated rings.